The second-order valence-electron chi connectivity index (χ2n) is 7.09. The monoisotopic (exact) mass is 421 g/mol. The van der Waals surface area contributed by atoms with Crippen LogP contribution in [0, 0.1) is 12.8 Å². The minimum absolute atomic E-state index is 0.0627. The topological polar surface area (TPSA) is 81.2 Å². The Bertz CT molecular complexity index is 1010. The number of nitrogens with zero attached hydrogens (tertiary/aromatic N) is 3. The third kappa shape index (κ3) is 3.47. The molecule has 3 heterocycles. The van der Waals surface area contributed by atoms with Crippen molar-refractivity contribution in [2.45, 2.75) is 25.8 Å². The van der Waals surface area contributed by atoms with E-state index in [1.165, 1.54) is 27.9 Å². The average molecular weight is 422 g/mol. The molecule has 0 radical (unpaired) electrons. The number of aromatic nitrogens is 3. The number of piperidine rings is 1. The molecule has 4 rings (SSSR count). The Labute approximate surface area is 171 Å². The van der Waals surface area contributed by atoms with Crippen LogP contribution in [0.2, 0.25) is 5.02 Å². The predicted octanol–water partition coefficient (Wildman–Crippen LogP) is 2.02. The molecule has 1 atom stereocenters. The first kappa shape index (κ1) is 19.2. The summed E-state index contributed by atoms with van der Waals surface area (Å²) < 4.78 is 6.40. The first-order valence-electron chi connectivity index (χ1n) is 9.21. The third-order valence-electron chi connectivity index (χ3n) is 5.32. The van der Waals surface area contributed by atoms with Crippen molar-refractivity contribution in [2.24, 2.45) is 5.92 Å². The van der Waals surface area contributed by atoms with Crippen LogP contribution in [-0.2, 0) is 9.53 Å². The van der Waals surface area contributed by atoms with Crippen LogP contribution >= 0.6 is 22.9 Å². The van der Waals surface area contributed by atoms with Crippen LogP contribution in [0.15, 0.2) is 24.3 Å². The van der Waals surface area contributed by atoms with Crippen molar-refractivity contribution in [1.29, 1.82) is 0 Å². The fourth-order valence-corrected chi connectivity index (χ4v) is 5.36. The molecule has 1 aliphatic heterocycles. The van der Waals surface area contributed by atoms with E-state index in [2.05, 4.69) is 10.1 Å². The molecule has 1 fully saturated rings. The van der Waals surface area contributed by atoms with Crippen LogP contribution in [0.25, 0.3) is 4.96 Å². The summed E-state index contributed by atoms with van der Waals surface area (Å²) in [4.78, 5) is 19.0. The number of hydrogen-bond donors (Lipinski definition) is 2. The first-order valence-corrected chi connectivity index (χ1v) is 10.4. The average Bonchev–Trinajstić information content (AvgIpc) is 3.19. The second kappa shape index (κ2) is 7.69. The largest absolute Gasteiger partial charge is 0.492 e. The summed E-state index contributed by atoms with van der Waals surface area (Å²) >= 11 is 7.70. The lowest BCUT2D eigenvalue weighted by molar-refractivity contribution is -0.930. The maximum Gasteiger partial charge on any atom is 0.309 e. The summed E-state index contributed by atoms with van der Waals surface area (Å²) in [5.74, 6) is 0.537. The zero-order valence-corrected chi connectivity index (χ0v) is 17.3. The fraction of sp³-hybridized carbons (Fsp3) is 0.421. The van der Waals surface area contributed by atoms with Gasteiger partial charge in [-0.1, -0.05) is 35.1 Å². The minimum atomic E-state index is -0.143. The highest BCUT2D eigenvalue weighted by molar-refractivity contribution is 7.17. The van der Waals surface area contributed by atoms with Crippen molar-refractivity contribution in [3.8, 4) is 5.88 Å². The molecule has 1 aliphatic rings. The Morgan fingerprint density at radius 2 is 2.18 bits per heavy atom. The number of thiazole rings is 1. The van der Waals surface area contributed by atoms with Gasteiger partial charge in [-0.25, -0.2) is 4.98 Å². The molecule has 2 aromatic heterocycles. The molecule has 1 aromatic carbocycles. The number of carbonyl (C=O) groups excluding carboxylic acids is 1. The highest BCUT2D eigenvalue weighted by Gasteiger charge is 2.37. The Morgan fingerprint density at radius 3 is 2.82 bits per heavy atom. The van der Waals surface area contributed by atoms with Gasteiger partial charge in [0.25, 0.3) is 0 Å². The maximum atomic E-state index is 11.9. The van der Waals surface area contributed by atoms with Crippen molar-refractivity contribution < 1.29 is 19.5 Å². The van der Waals surface area contributed by atoms with E-state index >= 15 is 0 Å². The highest BCUT2D eigenvalue weighted by atomic mass is 35.5. The summed E-state index contributed by atoms with van der Waals surface area (Å²) in [6, 6.07) is 7.62. The van der Waals surface area contributed by atoms with E-state index in [4.69, 9.17) is 16.3 Å². The summed E-state index contributed by atoms with van der Waals surface area (Å²) in [7, 11) is 1.44. The molecule has 2 N–H and O–H groups in total. The predicted molar refractivity (Wildman–Crippen MR) is 106 cm³/mol. The molecule has 0 aliphatic carbocycles. The Hall–Kier alpha value is -2.16. The van der Waals surface area contributed by atoms with Gasteiger partial charge in [-0.3, -0.25) is 4.79 Å². The van der Waals surface area contributed by atoms with Gasteiger partial charge in [-0.05, 0) is 19.1 Å². The summed E-state index contributed by atoms with van der Waals surface area (Å²) in [6.45, 7) is 3.39. The number of halogens is 1. The second-order valence-corrected chi connectivity index (χ2v) is 8.53. The van der Waals surface area contributed by atoms with Gasteiger partial charge < -0.3 is 14.7 Å². The lowest BCUT2D eigenvalue weighted by Gasteiger charge is -2.33. The molecular weight excluding hydrogens is 400 g/mol. The van der Waals surface area contributed by atoms with E-state index in [1.807, 2.05) is 24.3 Å². The Balaban J connectivity index is 1.71. The van der Waals surface area contributed by atoms with Gasteiger partial charge in [0.1, 0.15) is 10.7 Å². The van der Waals surface area contributed by atoms with Crippen LogP contribution < -0.4 is 4.90 Å². The number of aryl methyl sites for hydroxylation is 1. The van der Waals surface area contributed by atoms with Crippen molar-refractivity contribution in [3.05, 3.63) is 45.6 Å². The zero-order valence-electron chi connectivity index (χ0n) is 15.7. The van der Waals surface area contributed by atoms with Gasteiger partial charge in [0.05, 0.1) is 26.1 Å². The number of hydrogen-bond acceptors (Lipinski definition) is 6. The van der Waals surface area contributed by atoms with Gasteiger partial charge in [0, 0.05) is 23.4 Å². The van der Waals surface area contributed by atoms with Crippen molar-refractivity contribution in [2.75, 3.05) is 20.2 Å². The van der Waals surface area contributed by atoms with Crippen LogP contribution in [0.1, 0.15) is 35.1 Å². The number of fused-ring (bicyclic) bond motifs is 1. The normalized spacial score (nSPS) is 21.0. The molecule has 148 valence electrons. The molecule has 0 saturated carbocycles. The number of rotatable bonds is 4. The van der Waals surface area contributed by atoms with E-state index in [0.29, 0.717) is 15.8 Å². The van der Waals surface area contributed by atoms with Crippen LogP contribution in [0.3, 0.4) is 0 Å². The number of esters is 1. The van der Waals surface area contributed by atoms with Crippen molar-refractivity contribution >= 4 is 33.9 Å². The lowest BCUT2D eigenvalue weighted by atomic mass is 9.94. The molecule has 1 saturated heterocycles. The van der Waals surface area contributed by atoms with E-state index in [0.717, 1.165) is 36.4 Å². The van der Waals surface area contributed by atoms with Crippen LogP contribution in [-0.4, -0.2) is 45.9 Å². The lowest BCUT2D eigenvalue weighted by Crippen LogP contribution is -3.13. The third-order valence-corrected chi connectivity index (χ3v) is 6.64. The Kier molecular flexibility index (Phi) is 5.27. The standard InChI is InChI=1S/C19H21ClN4O3S/c1-11-21-19-24(22-11)17(25)16(28-19)15(13-4-3-5-14(20)10-13)23-8-6-12(7-9-23)18(26)27-2/h3-5,10,12,15,25H,6-9H2,1-2H3/p+1/t15-/m0/s1. The number of methoxy groups -OCH3 is 1. The number of aromatic hydroxyl groups is 1. The van der Waals surface area contributed by atoms with Gasteiger partial charge in [-0.15, -0.1) is 5.10 Å². The molecule has 0 bridgehead atoms. The molecule has 0 spiro atoms. The van der Waals surface area contributed by atoms with E-state index in [9.17, 15) is 9.90 Å². The highest BCUT2D eigenvalue weighted by Crippen LogP contribution is 2.36. The Morgan fingerprint density at radius 1 is 1.43 bits per heavy atom. The van der Waals surface area contributed by atoms with Crippen molar-refractivity contribution in [1.82, 2.24) is 14.6 Å². The van der Waals surface area contributed by atoms with Gasteiger partial charge >= 0.3 is 5.97 Å². The smallest absolute Gasteiger partial charge is 0.309 e. The molecule has 7 nitrogen and oxygen atoms in total. The minimum Gasteiger partial charge on any atom is -0.492 e. The molecule has 28 heavy (non-hydrogen) atoms. The quantitative estimate of drug-likeness (QED) is 0.630. The number of ether oxygens (including phenoxy) is 1. The van der Waals surface area contributed by atoms with E-state index in [1.54, 1.807) is 6.92 Å². The first-order chi connectivity index (χ1) is 13.5. The maximum absolute atomic E-state index is 11.9. The summed E-state index contributed by atoms with van der Waals surface area (Å²) in [5, 5.41) is 15.8. The molecular formula is C19H22ClN4O3S+. The molecule has 9 heteroatoms. The number of quaternary nitrogens is 1. The van der Waals surface area contributed by atoms with Gasteiger partial charge in [0.2, 0.25) is 10.8 Å². The van der Waals surface area contributed by atoms with E-state index in [-0.39, 0.29) is 23.8 Å². The van der Waals surface area contributed by atoms with Crippen LogP contribution in [0.4, 0.5) is 0 Å². The molecule has 0 unspecified atom stereocenters. The van der Waals surface area contributed by atoms with E-state index < -0.39 is 0 Å². The number of benzene rings is 1. The summed E-state index contributed by atoms with van der Waals surface area (Å²) in [5.41, 5.74) is 1.02. The van der Waals surface area contributed by atoms with Gasteiger partial charge in [-0.2, -0.15) is 4.52 Å². The number of likely N-dealkylation sites (tertiary alicyclic amines) is 1. The fourth-order valence-electron chi connectivity index (χ4n) is 3.97. The van der Waals surface area contributed by atoms with Gasteiger partial charge in [0.15, 0.2) is 6.04 Å². The summed E-state index contributed by atoms with van der Waals surface area (Å²) in [6.07, 6.45) is 1.50. The SMILES string of the molecule is COC(=O)C1CC[NH+]([C@@H](c2cccc(Cl)c2)c2sc3nc(C)nn3c2O)CC1. The van der Waals surface area contributed by atoms with Crippen LogP contribution in [0.5, 0.6) is 5.88 Å². The zero-order chi connectivity index (χ0) is 19.8. The van der Waals surface area contributed by atoms with Crippen molar-refractivity contribution in [3.63, 3.8) is 0 Å². The number of carbonyl (C=O) groups is 1. The number of nitrogens with one attached hydrogen (secondary N) is 1. The molecule has 3 aromatic rings. The molecule has 0 amide bonds.